The van der Waals surface area contributed by atoms with Crippen LogP contribution in [0.4, 0.5) is 0 Å². The molecule has 2 aromatic heterocycles. The van der Waals surface area contributed by atoms with Crippen LogP contribution in [0, 0.1) is 0 Å². The minimum absolute atomic E-state index is 0.0552. The highest BCUT2D eigenvalue weighted by atomic mass is 35.5. The molecule has 2 aromatic rings. The summed E-state index contributed by atoms with van der Waals surface area (Å²) in [6.45, 7) is -0.500. The van der Waals surface area contributed by atoms with Gasteiger partial charge in [-0.25, -0.2) is 9.78 Å². The van der Waals surface area contributed by atoms with Crippen molar-refractivity contribution in [2.45, 2.75) is 6.54 Å². The van der Waals surface area contributed by atoms with E-state index in [2.05, 4.69) is 10.3 Å². The first-order valence-corrected chi connectivity index (χ1v) is 8.13. The van der Waals surface area contributed by atoms with Gasteiger partial charge in [0.2, 0.25) is 5.91 Å². The number of pyridine rings is 1. The fourth-order valence-electron chi connectivity index (χ4n) is 1.81. The molecule has 1 N–H and O–H groups in total. The smallest absolute Gasteiger partial charge is 0.340 e. The molecule has 0 aliphatic heterocycles. The van der Waals surface area contributed by atoms with Gasteiger partial charge < -0.3 is 19.4 Å². The molecule has 0 unspecified atom stereocenters. The van der Waals surface area contributed by atoms with Gasteiger partial charge in [-0.15, -0.1) is 0 Å². The van der Waals surface area contributed by atoms with Gasteiger partial charge in [-0.3, -0.25) is 9.59 Å². The van der Waals surface area contributed by atoms with E-state index >= 15 is 0 Å². The Balaban J connectivity index is 1.76. The van der Waals surface area contributed by atoms with Crippen LogP contribution in [0.5, 0.6) is 0 Å². The lowest BCUT2D eigenvalue weighted by molar-refractivity contribution is -0.137. The van der Waals surface area contributed by atoms with E-state index in [0.717, 1.165) is 4.90 Å². The summed E-state index contributed by atoms with van der Waals surface area (Å²) in [5, 5.41) is 2.75. The Morgan fingerprint density at radius 3 is 2.77 bits per heavy atom. The molecule has 0 spiro atoms. The summed E-state index contributed by atoms with van der Waals surface area (Å²) in [5.41, 5.74) is 0.0612. The number of halogens is 2. The molecule has 26 heavy (non-hydrogen) atoms. The SMILES string of the molecule is CN(CC(=O)NCc1ccco1)C(=O)COC(=O)c1cnc(Cl)c(Cl)c1. The number of hydrogen-bond acceptors (Lipinski definition) is 6. The number of carbonyl (C=O) groups is 3. The Hall–Kier alpha value is -2.58. The van der Waals surface area contributed by atoms with Crippen molar-refractivity contribution in [2.24, 2.45) is 0 Å². The lowest BCUT2D eigenvalue weighted by Crippen LogP contribution is -2.39. The maximum absolute atomic E-state index is 12.0. The summed E-state index contributed by atoms with van der Waals surface area (Å²) >= 11 is 11.4. The standard InChI is InChI=1S/C16H15Cl2N3O5/c1-21(8-13(22)19-7-11-3-2-4-25-11)14(23)9-26-16(24)10-5-12(17)15(18)20-6-10/h2-6H,7-9H2,1H3,(H,19,22). The van der Waals surface area contributed by atoms with Crippen LogP contribution in [-0.4, -0.2) is 47.9 Å². The van der Waals surface area contributed by atoms with Gasteiger partial charge in [0, 0.05) is 13.2 Å². The molecular weight excluding hydrogens is 385 g/mol. The second kappa shape index (κ2) is 9.21. The Bertz CT molecular complexity index is 795. The summed E-state index contributed by atoms with van der Waals surface area (Å²) in [6.07, 6.45) is 2.68. The van der Waals surface area contributed by atoms with E-state index in [1.165, 1.54) is 25.6 Å². The molecule has 0 radical (unpaired) electrons. The first kappa shape index (κ1) is 19.7. The summed E-state index contributed by atoms with van der Waals surface area (Å²) in [4.78, 5) is 40.5. The first-order valence-electron chi connectivity index (χ1n) is 7.38. The average Bonchev–Trinajstić information content (AvgIpc) is 3.13. The Morgan fingerprint density at radius 2 is 2.12 bits per heavy atom. The molecule has 2 amide bonds. The van der Waals surface area contributed by atoms with E-state index in [9.17, 15) is 14.4 Å². The number of amides is 2. The van der Waals surface area contributed by atoms with Gasteiger partial charge in [-0.2, -0.15) is 0 Å². The fraction of sp³-hybridized carbons (Fsp3) is 0.250. The van der Waals surface area contributed by atoms with Crippen LogP contribution >= 0.6 is 23.2 Å². The number of nitrogens with zero attached hydrogens (tertiary/aromatic N) is 2. The van der Waals surface area contributed by atoms with E-state index in [1.54, 1.807) is 12.1 Å². The third kappa shape index (κ3) is 5.75. The van der Waals surface area contributed by atoms with Crippen molar-refractivity contribution in [3.05, 3.63) is 52.2 Å². The molecule has 8 nitrogen and oxygen atoms in total. The molecule has 138 valence electrons. The van der Waals surface area contributed by atoms with Gasteiger partial charge in [-0.1, -0.05) is 23.2 Å². The number of esters is 1. The van der Waals surface area contributed by atoms with Crippen LogP contribution in [0.25, 0.3) is 0 Å². The predicted octanol–water partition coefficient (Wildman–Crippen LogP) is 1.91. The number of hydrogen-bond donors (Lipinski definition) is 1. The maximum Gasteiger partial charge on any atom is 0.340 e. The first-order chi connectivity index (χ1) is 12.4. The van der Waals surface area contributed by atoms with Crippen molar-refractivity contribution >= 4 is 41.0 Å². The summed E-state index contributed by atoms with van der Waals surface area (Å²) in [6, 6.07) is 4.71. The summed E-state index contributed by atoms with van der Waals surface area (Å²) < 4.78 is 9.97. The lowest BCUT2D eigenvalue weighted by atomic mass is 10.3. The second-order valence-electron chi connectivity index (χ2n) is 5.18. The fourth-order valence-corrected chi connectivity index (χ4v) is 2.08. The molecule has 0 aliphatic rings. The van der Waals surface area contributed by atoms with Crippen molar-refractivity contribution < 1.29 is 23.5 Å². The average molecular weight is 400 g/mol. The molecule has 2 rings (SSSR count). The van der Waals surface area contributed by atoms with Crippen molar-refractivity contribution in [1.29, 1.82) is 0 Å². The molecule has 0 aliphatic carbocycles. The Labute approximate surface area is 159 Å². The van der Waals surface area contributed by atoms with Gasteiger partial charge >= 0.3 is 5.97 Å². The van der Waals surface area contributed by atoms with Crippen LogP contribution in [0.2, 0.25) is 10.2 Å². The van der Waals surface area contributed by atoms with Crippen molar-refractivity contribution in [1.82, 2.24) is 15.2 Å². The number of nitrogens with one attached hydrogen (secondary N) is 1. The summed E-state index contributed by atoms with van der Waals surface area (Å²) in [5.74, 6) is -1.10. The number of likely N-dealkylation sites (N-methyl/N-ethyl adjacent to an activating group) is 1. The van der Waals surface area contributed by atoms with E-state index in [0.29, 0.717) is 5.76 Å². The molecule has 0 saturated heterocycles. The minimum atomic E-state index is -0.778. The molecule has 0 saturated carbocycles. The van der Waals surface area contributed by atoms with E-state index < -0.39 is 18.5 Å². The molecule has 0 aromatic carbocycles. The van der Waals surface area contributed by atoms with E-state index in [4.69, 9.17) is 32.4 Å². The zero-order chi connectivity index (χ0) is 19.1. The van der Waals surface area contributed by atoms with Crippen LogP contribution in [0.15, 0.2) is 35.1 Å². The van der Waals surface area contributed by atoms with Crippen molar-refractivity contribution in [3.63, 3.8) is 0 Å². The number of furan rings is 1. The van der Waals surface area contributed by atoms with Crippen molar-refractivity contribution in [2.75, 3.05) is 20.2 Å². The zero-order valence-electron chi connectivity index (χ0n) is 13.7. The lowest BCUT2D eigenvalue weighted by Gasteiger charge is -2.16. The Kier molecular flexibility index (Phi) is 6.99. The normalized spacial score (nSPS) is 10.3. The van der Waals surface area contributed by atoms with E-state index in [-0.39, 0.29) is 34.7 Å². The quantitative estimate of drug-likeness (QED) is 0.563. The molecule has 0 atom stereocenters. The zero-order valence-corrected chi connectivity index (χ0v) is 15.2. The number of carbonyl (C=O) groups excluding carboxylic acids is 3. The van der Waals surface area contributed by atoms with Gasteiger partial charge in [0.1, 0.15) is 10.9 Å². The summed E-state index contributed by atoms with van der Waals surface area (Å²) in [7, 11) is 1.42. The van der Waals surface area contributed by atoms with Crippen LogP contribution < -0.4 is 5.32 Å². The Morgan fingerprint density at radius 1 is 1.35 bits per heavy atom. The predicted molar refractivity (Wildman–Crippen MR) is 92.7 cm³/mol. The third-order valence-corrected chi connectivity index (χ3v) is 3.89. The molecule has 10 heteroatoms. The number of ether oxygens (including phenoxy) is 1. The number of rotatable bonds is 7. The number of aromatic nitrogens is 1. The third-order valence-electron chi connectivity index (χ3n) is 3.21. The van der Waals surface area contributed by atoms with Crippen LogP contribution in [-0.2, 0) is 20.9 Å². The van der Waals surface area contributed by atoms with Gasteiger partial charge in [0.25, 0.3) is 5.91 Å². The minimum Gasteiger partial charge on any atom is -0.467 e. The topological polar surface area (TPSA) is 102 Å². The molecule has 0 bridgehead atoms. The maximum atomic E-state index is 12.0. The monoisotopic (exact) mass is 399 g/mol. The highest BCUT2D eigenvalue weighted by Crippen LogP contribution is 2.20. The van der Waals surface area contributed by atoms with Crippen molar-refractivity contribution in [3.8, 4) is 0 Å². The van der Waals surface area contributed by atoms with Crippen LogP contribution in [0.3, 0.4) is 0 Å². The molecule has 0 fully saturated rings. The second-order valence-corrected chi connectivity index (χ2v) is 5.94. The molecule has 2 heterocycles. The highest BCUT2D eigenvalue weighted by molar-refractivity contribution is 6.41. The van der Waals surface area contributed by atoms with Crippen LogP contribution in [0.1, 0.15) is 16.1 Å². The largest absolute Gasteiger partial charge is 0.467 e. The van der Waals surface area contributed by atoms with Gasteiger partial charge in [-0.05, 0) is 18.2 Å². The van der Waals surface area contributed by atoms with Gasteiger partial charge in [0.15, 0.2) is 6.61 Å². The molecular formula is C16H15Cl2N3O5. The van der Waals surface area contributed by atoms with E-state index in [1.807, 2.05) is 0 Å². The van der Waals surface area contributed by atoms with Gasteiger partial charge in [0.05, 0.1) is 29.9 Å². The highest BCUT2D eigenvalue weighted by Gasteiger charge is 2.17.